The molecule has 1 aliphatic heterocycles. The van der Waals surface area contributed by atoms with Crippen molar-refractivity contribution in [2.75, 3.05) is 26.2 Å². The molecule has 0 radical (unpaired) electrons. The lowest BCUT2D eigenvalue weighted by atomic mass is 9.96. The molecular weight excluding hydrogens is 320 g/mol. The minimum absolute atomic E-state index is 0.129. The number of hydrogen-bond donors (Lipinski definition) is 1. The molecule has 3 rings (SSSR count). The number of rotatable bonds is 7. The minimum Gasteiger partial charge on any atom is -0.480 e. The van der Waals surface area contributed by atoms with Crippen molar-refractivity contribution in [3.8, 4) is 0 Å². The lowest BCUT2D eigenvalue weighted by Gasteiger charge is -2.34. The van der Waals surface area contributed by atoms with Crippen molar-refractivity contribution < 1.29 is 19.4 Å². The summed E-state index contributed by atoms with van der Waals surface area (Å²) in [5.74, 6) is -0.299. The van der Waals surface area contributed by atoms with Crippen molar-refractivity contribution in [1.29, 1.82) is 0 Å². The van der Waals surface area contributed by atoms with Gasteiger partial charge in [0.25, 0.3) is 0 Å². The van der Waals surface area contributed by atoms with Gasteiger partial charge in [-0.15, -0.1) is 0 Å². The third-order valence-electron chi connectivity index (χ3n) is 4.97. The number of amides is 1. The molecule has 6 nitrogen and oxygen atoms in total. The number of carbonyl (C=O) groups excluding carboxylic acids is 1. The van der Waals surface area contributed by atoms with E-state index in [1.165, 1.54) is 0 Å². The van der Waals surface area contributed by atoms with Gasteiger partial charge < -0.3 is 14.7 Å². The fourth-order valence-corrected chi connectivity index (χ4v) is 3.40. The van der Waals surface area contributed by atoms with Crippen molar-refractivity contribution in [3.05, 3.63) is 35.9 Å². The Bertz CT molecular complexity index is 580. The van der Waals surface area contributed by atoms with Crippen LogP contribution in [0.2, 0.25) is 0 Å². The number of hydrogen-bond acceptors (Lipinski definition) is 4. The van der Waals surface area contributed by atoms with Gasteiger partial charge >= 0.3 is 12.1 Å². The number of ether oxygens (including phenoxy) is 1. The molecule has 0 aromatic heterocycles. The van der Waals surface area contributed by atoms with Crippen LogP contribution in [0.1, 0.15) is 31.2 Å². The second-order valence-electron chi connectivity index (χ2n) is 7.02. The van der Waals surface area contributed by atoms with Crippen LogP contribution in [0.3, 0.4) is 0 Å². The molecule has 0 unspecified atom stereocenters. The van der Waals surface area contributed by atoms with Gasteiger partial charge in [0.1, 0.15) is 6.61 Å². The van der Waals surface area contributed by atoms with Crippen LogP contribution in [0.15, 0.2) is 30.3 Å². The number of piperidine rings is 1. The van der Waals surface area contributed by atoms with Crippen LogP contribution in [-0.2, 0) is 16.1 Å². The van der Waals surface area contributed by atoms with Crippen LogP contribution in [0.5, 0.6) is 0 Å². The number of nitrogens with zero attached hydrogens (tertiary/aromatic N) is 2. The second kappa shape index (κ2) is 8.34. The Hall–Kier alpha value is -2.08. The molecule has 1 amide bonds. The minimum atomic E-state index is -0.756. The third-order valence-corrected chi connectivity index (χ3v) is 4.97. The Balaban J connectivity index is 1.40. The first-order chi connectivity index (χ1) is 12.1. The molecule has 2 aliphatic rings. The Labute approximate surface area is 148 Å². The van der Waals surface area contributed by atoms with E-state index in [-0.39, 0.29) is 12.6 Å². The van der Waals surface area contributed by atoms with E-state index in [4.69, 9.17) is 9.84 Å². The van der Waals surface area contributed by atoms with Gasteiger partial charge in [-0.05, 0) is 37.2 Å². The first-order valence-electron chi connectivity index (χ1n) is 9.03. The molecule has 1 aromatic carbocycles. The maximum atomic E-state index is 12.2. The Morgan fingerprint density at radius 1 is 1.12 bits per heavy atom. The highest BCUT2D eigenvalue weighted by Crippen LogP contribution is 2.29. The van der Waals surface area contributed by atoms with Crippen LogP contribution in [0, 0.1) is 5.92 Å². The second-order valence-corrected chi connectivity index (χ2v) is 7.02. The average Bonchev–Trinajstić information content (AvgIpc) is 3.45. The Morgan fingerprint density at radius 3 is 2.40 bits per heavy atom. The normalized spacial score (nSPS) is 18.4. The molecule has 1 N–H and O–H groups in total. The van der Waals surface area contributed by atoms with Crippen molar-refractivity contribution in [2.24, 2.45) is 5.92 Å². The first kappa shape index (κ1) is 17.7. The maximum Gasteiger partial charge on any atom is 0.410 e. The first-order valence-corrected chi connectivity index (χ1v) is 9.03. The SMILES string of the molecule is O=C(O)CN(CC1CCN(C(=O)OCc2ccccc2)CC1)C1CC1. The van der Waals surface area contributed by atoms with Crippen LogP contribution >= 0.6 is 0 Å². The van der Waals surface area contributed by atoms with Gasteiger partial charge in [-0.3, -0.25) is 9.69 Å². The maximum absolute atomic E-state index is 12.2. The van der Waals surface area contributed by atoms with Crippen LogP contribution in [0.4, 0.5) is 4.79 Å². The quantitative estimate of drug-likeness (QED) is 0.822. The molecule has 25 heavy (non-hydrogen) atoms. The zero-order valence-electron chi connectivity index (χ0n) is 14.5. The summed E-state index contributed by atoms with van der Waals surface area (Å²) in [5.41, 5.74) is 0.986. The number of carbonyl (C=O) groups is 2. The van der Waals surface area contributed by atoms with Gasteiger partial charge in [0.05, 0.1) is 6.54 Å². The molecule has 1 heterocycles. The summed E-state index contributed by atoms with van der Waals surface area (Å²) in [6, 6.07) is 10.1. The lowest BCUT2D eigenvalue weighted by Crippen LogP contribution is -2.43. The summed E-state index contributed by atoms with van der Waals surface area (Å²) in [7, 11) is 0. The molecule has 0 bridgehead atoms. The lowest BCUT2D eigenvalue weighted by molar-refractivity contribution is -0.138. The summed E-state index contributed by atoms with van der Waals surface area (Å²) in [4.78, 5) is 27.0. The van der Waals surface area contributed by atoms with Crippen LogP contribution < -0.4 is 0 Å². The fourth-order valence-electron chi connectivity index (χ4n) is 3.40. The van der Waals surface area contributed by atoms with E-state index in [1.54, 1.807) is 4.90 Å². The summed E-state index contributed by atoms with van der Waals surface area (Å²) in [5, 5.41) is 9.05. The standard InChI is InChI=1S/C19H26N2O4/c22-18(23)13-21(17-6-7-17)12-15-8-10-20(11-9-15)19(24)25-14-16-4-2-1-3-5-16/h1-5,15,17H,6-14H2,(H,22,23). The van der Waals surface area contributed by atoms with E-state index in [0.717, 1.165) is 37.8 Å². The molecule has 1 saturated heterocycles. The highest BCUT2D eigenvalue weighted by molar-refractivity contribution is 5.69. The van der Waals surface area contributed by atoms with E-state index >= 15 is 0 Å². The largest absolute Gasteiger partial charge is 0.480 e. The molecular formula is C19H26N2O4. The van der Waals surface area contributed by atoms with E-state index in [1.807, 2.05) is 30.3 Å². The number of carboxylic acids is 1. The van der Waals surface area contributed by atoms with E-state index in [0.29, 0.717) is 31.7 Å². The number of carboxylic acid groups (broad SMARTS) is 1. The van der Waals surface area contributed by atoms with Crippen LogP contribution in [-0.4, -0.2) is 59.2 Å². The predicted molar refractivity (Wildman–Crippen MR) is 93.2 cm³/mol. The van der Waals surface area contributed by atoms with E-state index in [2.05, 4.69) is 4.90 Å². The summed E-state index contributed by atoms with van der Waals surface area (Å²) in [6.45, 7) is 2.62. The van der Waals surface area contributed by atoms with Crippen LogP contribution in [0.25, 0.3) is 0 Å². The fraction of sp³-hybridized carbons (Fsp3) is 0.579. The summed E-state index contributed by atoms with van der Waals surface area (Å²) in [6.07, 6.45) is 3.77. The summed E-state index contributed by atoms with van der Waals surface area (Å²) < 4.78 is 5.38. The molecule has 6 heteroatoms. The topological polar surface area (TPSA) is 70.1 Å². The number of likely N-dealkylation sites (tertiary alicyclic amines) is 1. The highest BCUT2D eigenvalue weighted by atomic mass is 16.6. The van der Waals surface area contributed by atoms with Gasteiger partial charge in [-0.25, -0.2) is 4.79 Å². The van der Waals surface area contributed by atoms with Crippen molar-refractivity contribution in [2.45, 2.75) is 38.3 Å². The molecule has 1 aliphatic carbocycles. The molecule has 0 atom stereocenters. The van der Waals surface area contributed by atoms with Gasteiger partial charge in [0.15, 0.2) is 0 Å². The van der Waals surface area contributed by atoms with Crippen molar-refractivity contribution >= 4 is 12.1 Å². The molecule has 2 fully saturated rings. The third kappa shape index (κ3) is 5.46. The molecule has 1 aromatic rings. The molecule has 1 saturated carbocycles. The number of benzene rings is 1. The Kier molecular flexibility index (Phi) is 5.91. The Morgan fingerprint density at radius 2 is 1.80 bits per heavy atom. The van der Waals surface area contributed by atoms with E-state index < -0.39 is 5.97 Å². The average molecular weight is 346 g/mol. The predicted octanol–water partition coefficient (Wildman–Crippen LogP) is 2.58. The smallest absolute Gasteiger partial charge is 0.410 e. The highest BCUT2D eigenvalue weighted by Gasteiger charge is 2.33. The zero-order valence-corrected chi connectivity index (χ0v) is 14.5. The van der Waals surface area contributed by atoms with Crippen molar-refractivity contribution in [1.82, 2.24) is 9.80 Å². The molecule has 0 spiro atoms. The molecule has 136 valence electrons. The van der Waals surface area contributed by atoms with Gasteiger partial charge in [-0.2, -0.15) is 0 Å². The number of aliphatic carboxylic acids is 1. The monoisotopic (exact) mass is 346 g/mol. The summed E-state index contributed by atoms with van der Waals surface area (Å²) >= 11 is 0. The van der Waals surface area contributed by atoms with Gasteiger partial charge in [0, 0.05) is 25.7 Å². The van der Waals surface area contributed by atoms with Gasteiger partial charge in [0.2, 0.25) is 0 Å². The zero-order chi connectivity index (χ0) is 17.6. The van der Waals surface area contributed by atoms with E-state index in [9.17, 15) is 9.59 Å². The van der Waals surface area contributed by atoms with Gasteiger partial charge in [-0.1, -0.05) is 30.3 Å². The van der Waals surface area contributed by atoms with Crippen molar-refractivity contribution in [3.63, 3.8) is 0 Å².